The lowest BCUT2D eigenvalue weighted by molar-refractivity contribution is -0.0436. The van der Waals surface area contributed by atoms with Crippen LogP contribution in [0.1, 0.15) is 68.4 Å². The van der Waals surface area contributed by atoms with Crippen molar-refractivity contribution in [3.05, 3.63) is 160 Å². The summed E-state index contributed by atoms with van der Waals surface area (Å²) in [7, 11) is -8.65. The van der Waals surface area contributed by atoms with Crippen molar-refractivity contribution in [2.75, 3.05) is 18.9 Å². The minimum Gasteiger partial charge on any atom is -0.476 e. The Bertz CT molecular complexity index is 2570. The number of rotatable bonds is 21. The number of imidazole rings is 1. The lowest BCUT2D eigenvalue weighted by atomic mass is 9.93. The number of nitrogens with one attached hydrogen (secondary N) is 2. The monoisotopic (exact) mass is 896 g/mol. The molecule has 0 amide bonds. The van der Waals surface area contributed by atoms with E-state index < -0.39 is 58.3 Å². The fourth-order valence-corrected chi connectivity index (χ4v) is 10.4. The van der Waals surface area contributed by atoms with Gasteiger partial charge in [0.15, 0.2) is 17.4 Å². The highest BCUT2D eigenvalue weighted by Gasteiger charge is 2.58. The zero-order chi connectivity index (χ0) is 44.5. The number of aromatic nitrogens is 4. The molecular weight excluding hydrogens is 846 g/mol. The van der Waals surface area contributed by atoms with E-state index in [4.69, 9.17) is 33.3 Å². The summed E-state index contributed by atoms with van der Waals surface area (Å²) < 4.78 is 69.7. The van der Waals surface area contributed by atoms with Crippen molar-refractivity contribution in [2.24, 2.45) is 5.11 Å². The van der Waals surface area contributed by atoms with Crippen LogP contribution in [0.25, 0.3) is 21.6 Å². The van der Waals surface area contributed by atoms with Gasteiger partial charge >= 0.3 is 15.5 Å². The molecule has 20 heteroatoms. The number of nitrogen functional groups attached to an aromatic ring is 1. The second kappa shape index (κ2) is 20.4. The molecule has 330 valence electrons. The number of azide groups is 1. The van der Waals surface area contributed by atoms with E-state index in [-0.39, 0.29) is 42.7 Å². The average molecular weight is 897 g/mol. The van der Waals surface area contributed by atoms with Gasteiger partial charge in [-0.05, 0) is 55.5 Å². The second-order valence-corrected chi connectivity index (χ2v) is 18.4. The van der Waals surface area contributed by atoms with Gasteiger partial charge in [-0.2, -0.15) is 9.97 Å². The lowest BCUT2D eigenvalue weighted by Crippen LogP contribution is -2.45. The molecule has 5 unspecified atom stereocenters. The minimum atomic E-state index is -4.43. The standard InChI is InChI=1S/C43H50N10O8P2/c1-5-56-40-37-39(49-42(44)50-40)53(29-46-37)41-43(4,51-52-45)38(61-63(55,48-27-33-20-12-7-13-21-33)60-31(3)35-24-16-9-17-25-35)36(58-41)28-57-62(54,47-26-32-18-10-6-11-19-32)59-30(2)34-22-14-8-15-23-34/h6-25,29-31,36,38,41H,5,26-28H2,1-4H3,(H,47,54)(H,48,55)(H2,44,49,50)/t30?,31?,36-,38-,41-,43?,62?,63?/m1/s1. The third-order valence-electron chi connectivity index (χ3n) is 10.4. The summed E-state index contributed by atoms with van der Waals surface area (Å²) in [5, 5.41) is 10.3. The Morgan fingerprint density at radius 1 is 0.841 bits per heavy atom. The first-order valence-electron chi connectivity index (χ1n) is 20.3. The van der Waals surface area contributed by atoms with E-state index in [1.54, 1.807) is 27.7 Å². The topological polar surface area (TPSA) is 232 Å². The van der Waals surface area contributed by atoms with Gasteiger partial charge in [0.05, 0.1) is 31.7 Å². The maximum Gasteiger partial charge on any atom is 0.406 e. The first-order chi connectivity index (χ1) is 30.4. The van der Waals surface area contributed by atoms with E-state index in [9.17, 15) is 10.1 Å². The molecule has 1 aliphatic rings. The molecule has 63 heavy (non-hydrogen) atoms. The molecule has 1 aliphatic heterocycles. The Labute approximate surface area is 365 Å². The van der Waals surface area contributed by atoms with Gasteiger partial charge in [-0.1, -0.05) is 126 Å². The predicted molar refractivity (Wildman–Crippen MR) is 237 cm³/mol. The van der Waals surface area contributed by atoms with Crippen LogP contribution in [0.3, 0.4) is 0 Å². The molecule has 18 nitrogen and oxygen atoms in total. The molecule has 6 aromatic rings. The molecule has 2 aromatic heterocycles. The number of ether oxygens (including phenoxy) is 2. The van der Waals surface area contributed by atoms with Crippen LogP contribution in [0.4, 0.5) is 5.95 Å². The fourth-order valence-electron chi connectivity index (χ4n) is 7.15. The lowest BCUT2D eigenvalue weighted by Gasteiger charge is -2.34. The Morgan fingerprint density at radius 2 is 1.37 bits per heavy atom. The largest absolute Gasteiger partial charge is 0.476 e. The van der Waals surface area contributed by atoms with Crippen LogP contribution in [0.5, 0.6) is 5.88 Å². The first kappa shape index (κ1) is 45.5. The summed E-state index contributed by atoms with van der Waals surface area (Å²) in [5.74, 6) is 0.0137. The number of benzene rings is 4. The molecule has 1 fully saturated rings. The number of hydrogen-bond acceptors (Lipinski definition) is 13. The van der Waals surface area contributed by atoms with Crippen molar-refractivity contribution in [1.29, 1.82) is 0 Å². The summed E-state index contributed by atoms with van der Waals surface area (Å²) in [6.07, 6.45) is -3.98. The van der Waals surface area contributed by atoms with Crippen molar-refractivity contribution in [2.45, 2.75) is 77.0 Å². The van der Waals surface area contributed by atoms with E-state index in [0.717, 1.165) is 22.3 Å². The van der Waals surface area contributed by atoms with Gasteiger partial charge in [-0.25, -0.2) is 24.3 Å². The summed E-state index contributed by atoms with van der Waals surface area (Å²) in [6.45, 7) is 6.84. The van der Waals surface area contributed by atoms with Gasteiger partial charge in [-0.15, -0.1) is 0 Å². The second-order valence-electron chi connectivity index (χ2n) is 14.9. The van der Waals surface area contributed by atoms with E-state index in [1.807, 2.05) is 121 Å². The van der Waals surface area contributed by atoms with Crippen LogP contribution < -0.4 is 20.6 Å². The van der Waals surface area contributed by atoms with Crippen LogP contribution in [0, 0.1) is 0 Å². The van der Waals surface area contributed by atoms with Gasteiger partial charge < -0.3 is 15.2 Å². The molecule has 0 spiro atoms. The minimum absolute atomic E-state index is 0.0718. The summed E-state index contributed by atoms with van der Waals surface area (Å²) in [4.78, 5) is 16.4. The summed E-state index contributed by atoms with van der Waals surface area (Å²) >= 11 is 0. The van der Waals surface area contributed by atoms with Crippen molar-refractivity contribution in [3.8, 4) is 5.88 Å². The Morgan fingerprint density at radius 3 is 1.90 bits per heavy atom. The van der Waals surface area contributed by atoms with Crippen LogP contribution in [0.2, 0.25) is 0 Å². The molecule has 3 heterocycles. The zero-order valence-electron chi connectivity index (χ0n) is 35.2. The molecule has 7 rings (SSSR count). The average Bonchev–Trinajstić information content (AvgIpc) is 3.83. The molecule has 0 saturated carbocycles. The van der Waals surface area contributed by atoms with Gasteiger partial charge in [0.2, 0.25) is 11.8 Å². The van der Waals surface area contributed by atoms with E-state index in [2.05, 4.69) is 35.2 Å². The molecule has 0 aliphatic carbocycles. The van der Waals surface area contributed by atoms with Crippen LogP contribution >= 0.6 is 15.5 Å². The highest BCUT2D eigenvalue weighted by Crippen LogP contribution is 2.57. The van der Waals surface area contributed by atoms with Gasteiger partial charge in [0.1, 0.15) is 17.7 Å². The van der Waals surface area contributed by atoms with E-state index >= 15 is 4.57 Å². The van der Waals surface area contributed by atoms with Crippen LogP contribution in [-0.2, 0) is 45.1 Å². The Balaban J connectivity index is 1.29. The van der Waals surface area contributed by atoms with Crippen molar-refractivity contribution in [3.63, 3.8) is 0 Å². The zero-order valence-corrected chi connectivity index (χ0v) is 37.0. The molecule has 0 radical (unpaired) electrons. The van der Waals surface area contributed by atoms with Gasteiger partial charge in [0, 0.05) is 18.0 Å². The Hall–Kier alpha value is -5.48. The quantitative estimate of drug-likeness (QED) is 0.0264. The van der Waals surface area contributed by atoms with Crippen molar-refractivity contribution in [1.82, 2.24) is 29.7 Å². The van der Waals surface area contributed by atoms with Gasteiger partial charge in [0.25, 0.3) is 0 Å². The Kier molecular flexibility index (Phi) is 14.7. The SMILES string of the molecule is CCOc1nc(N)nc2c1ncn2[C@@H]1O[C@H](COP(=O)(NCc2ccccc2)OC(C)c2ccccc2)[C@@H](OP(=O)(NCc2ccccc2)OC(C)c2ccccc2)C1(C)N=[N+]=[N-]. The summed E-state index contributed by atoms with van der Waals surface area (Å²) in [6, 6.07) is 37.1. The summed E-state index contributed by atoms with van der Waals surface area (Å²) in [5.41, 5.74) is 18.1. The molecule has 1 saturated heterocycles. The number of hydrogen-bond donors (Lipinski definition) is 3. The van der Waals surface area contributed by atoms with Crippen LogP contribution in [0.15, 0.2) is 133 Å². The highest BCUT2D eigenvalue weighted by atomic mass is 31.2. The first-order valence-corrected chi connectivity index (χ1v) is 23.4. The van der Waals surface area contributed by atoms with Gasteiger partial charge in [-0.3, -0.25) is 22.7 Å². The smallest absolute Gasteiger partial charge is 0.406 e. The molecular formula is C43H50N10O8P2. The molecule has 8 atom stereocenters. The van der Waals surface area contributed by atoms with Crippen molar-refractivity contribution < 1.29 is 36.7 Å². The third kappa shape index (κ3) is 11.0. The number of fused-ring (bicyclic) bond motifs is 1. The highest BCUT2D eigenvalue weighted by molar-refractivity contribution is 7.51. The van der Waals surface area contributed by atoms with Crippen molar-refractivity contribution >= 4 is 32.6 Å². The maximum absolute atomic E-state index is 15.3. The third-order valence-corrected chi connectivity index (χ3v) is 13.6. The molecule has 0 bridgehead atoms. The number of anilines is 1. The van der Waals surface area contributed by atoms with Crippen LogP contribution in [-0.4, -0.2) is 50.5 Å². The maximum atomic E-state index is 15.3. The number of nitrogens with two attached hydrogens (primary N) is 1. The van der Waals surface area contributed by atoms with E-state index in [1.165, 1.54) is 10.9 Å². The number of nitrogens with zero attached hydrogens (tertiary/aromatic N) is 7. The molecule has 4 N–H and O–H groups in total. The predicted octanol–water partition coefficient (Wildman–Crippen LogP) is 9.53. The normalized spacial score (nSPS) is 21.5. The fraction of sp³-hybridized carbons (Fsp3) is 0.326. The van der Waals surface area contributed by atoms with E-state index in [0.29, 0.717) is 0 Å². The molecule has 4 aromatic carbocycles.